The fraction of sp³-hybridized carbons (Fsp3) is 1.00. The smallest absolute Gasteiger partial charge is 0.104 e. The van der Waals surface area contributed by atoms with E-state index in [1.54, 1.807) is 6.92 Å². The van der Waals surface area contributed by atoms with Crippen LogP contribution in [0.4, 0.5) is 0 Å². The Balaban J connectivity index is 8.18. The zero-order chi connectivity index (χ0) is 85.0. The molecule has 686 valence electrons. The van der Waals surface area contributed by atoms with E-state index in [9.17, 15) is 123 Å². The molecule has 0 amide bonds. The van der Waals surface area contributed by atoms with Crippen molar-refractivity contribution in [3.05, 3.63) is 0 Å². The topological polar surface area (TPSA) is 679 Å². The number of aliphatic hydroxyl groups is 24. The van der Waals surface area contributed by atoms with E-state index in [4.69, 9.17) is 99.5 Å². The van der Waals surface area contributed by atoms with Crippen LogP contribution in [-0.2, 0) is 99.5 Å². The van der Waals surface area contributed by atoms with Crippen LogP contribution < -0.4 is 0 Å². The van der Waals surface area contributed by atoms with Gasteiger partial charge in [0.1, 0.15) is 128 Å². The van der Waals surface area contributed by atoms with E-state index in [1.165, 1.54) is 0 Å². The fourth-order valence-corrected chi connectivity index (χ4v) is 8.80. The molecule has 114 heavy (non-hydrogen) atoms. The van der Waals surface area contributed by atoms with Crippen LogP contribution in [0, 0.1) is 5.41 Å². The van der Waals surface area contributed by atoms with Crippen LogP contribution in [-0.4, -0.2) is 548 Å². The summed E-state index contributed by atoms with van der Waals surface area (Å²) in [6.07, 6.45) is -24.6. The molecule has 21 unspecified atom stereocenters. The number of hydrogen-bond acceptors (Lipinski definition) is 45. The van der Waals surface area contributed by atoms with Gasteiger partial charge in [-0.05, 0) is 6.42 Å². The number of aliphatic hydroxyl groups excluding tert-OH is 24. The SMILES string of the molecule is CCC(COCC(COCC(COCC(O)CO)OCC(O)CO)OCC(COCC(O)CO)OCC(O)CO)(COCC(COCC(COCC(O)CO)OCC(O)CO)OCC(COCC(O)CO)OCC(O)CO)COCC(COCC(COCC(O)CO)OCC(O)CO)OCC(COCC(O)CO)OCC(O)CO. The Kier molecular flexibility index (Phi) is 73.8. The molecule has 0 fully saturated rings. The summed E-state index contributed by atoms with van der Waals surface area (Å²) in [7, 11) is 0. The molecule has 0 aliphatic rings. The first-order valence-electron chi connectivity index (χ1n) is 37.8. The molecular weight excluding hydrogens is 1550 g/mol. The van der Waals surface area contributed by atoms with Crippen LogP contribution in [0.2, 0.25) is 0 Å². The molecule has 0 saturated heterocycles. The molecule has 0 aromatic carbocycles. The number of rotatable bonds is 88. The summed E-state index contributed by atoms with van der Waals surface area (Å²) in [5.74, 6) is 0. The van der Waals surface area contributed by atoms with Crippen LogP contribution >= 0.6 is 0 Å². The minimum absolute atomic E-state index is 0.163. The van der Waals surface area contributed by atoms with Gasteiger partial charge in [0, 0.05) is 5.41 Å². The van der Waals surface area contributed by atoms with Crippen molar-refractivity contribution in [2.45, 2.75) is 142 Å². The van der Waals surface area contributed by atoms with Crippen molar-refractivity contribution in [1.29, 1.82) is 0 Å². The summed E-state index contributed by atoms with van der Waals surface area (Å²) in [4.78, 5) is 0. The molecule has 0 spiro atoms. The van der Waals surface area contributed by atoms with Gasteiger partial charge in [-0.2, -0.15) is 0 Å². The summed E-state index contributed by atoms with van der Waals surface area (Å²) in [6, 6.07) is 0. The van der Waals surface area contributed by atoms with Crippen molar-refractivity contribution in [2.24, 2.45) is 5.41 Å². The first kappa shape index (κ1) is 112. The third-order valence-corrected chi connectivity index (χ3v) is 15.6. The van der Waals surface area contributed by atoms with Gasteiger partial charge in [0.2, 0.25) is 0 Å². The summed E-state index contributed by atoms with van der Waals surface area (Å²) >= 11 is 0. The van der Waals surface area contributed by atoms with Gasteiger partial charge in [-0.3, -0.25) is 0 Å². The summed E-state index contributed by atoms with van der Waals surface area (Å²) < 4.78 is 125. The Morgan fingerprint density at radius 1 is 0.158 bits per heavy atom. The first-order chi connectivity index (χ1) is 54.9. The predicted molar refractivity (Wildman–Crippen MR) is 387 cm³/mol. The van der Waals surface area contributed by atoms with Gasteiger partial charge in [0.15, 0.2) is 0 Å². The Morgan fingerprint density at radius 3 is 0.412 bits per heavy atom. The first-order valence-corrected chi connectivity index (χ1v) is 37.8. The molecule has 0 bridgehead atoms. The lowest BCUT2D eigenvalue weighted by atomic mass is 9.88. The van der Waals surface area contributed by atoms with Crippen LogP contribution in [0.3, 0.4) is 0 Å². The minimum Gasteiger partial charge on any atom is -0.394 e. The largest absolute Gasteiger partial charge is 0.394 e. The van der Waals surface area contributed by atoms with E-state index in [-0.39, 0.29) is 205 Å². The zero-order valence-electron chi connectivity index (χ0n) is 65.5. The second kappa shape index (κ2) is 75.0. The monoisotopic (exact) mass is 1690 g/mol. The number of ether oxygens (including phenoxy) is 21. The van der Waals surface area contributed by atoms with E-state index in [2.05, 4.69) is 0 Å². The standard InChI is InChI=1S/C69H140O45/c1-2-69(45-103-39-63(112-42-66(109-24-57(91)12-79)36-97-18-51(85)6-73)33-100-30-60(106-21-54(88)9-76)27-94-15-48(82)3-70,46-104-40-64(113-43-67(110-25-58(92)13-80)37-98-19-52(86)7-74)34-101-31-61(107-22-55(89)10-77)28-95-16-49(83)4-71)47-105-41-65(114-44-68(111-26-59(93)14-81)38-99-20-53(87)8-75)35-102-32-62(108-23-56(90)11-78)29-96-17-50(84)5-72/h48-68,70-93H,2-47H2,1H3. The van der Waals surface area contributed by atoms with Crippen molar-refractivity contribution in [3.63, 3.8) is 0 Å². The van der Waals surface area contributed by atoms with Gasteiger partial charge in [-0.25, -0.2) is 0 Å². The summed E-state index contributed by atoms with van der Waals surface area (Å²) in [5, 5.41) is 235. The lowest BCUT2D eigenvalue weighted by molar-refractivity contribution is -0.157. The van der Waals surface area contributed by atoms with Crippen molar-refractivity contribution in [1.82, 2.24) is 0 Å². The second-order valence-electron chi connectivity index (χ2n) is 26.9. The molecule has 45 heteroatoms. The molecule has 0 heterocycles. The molecule has 21 atom stereocenters. The highest BCUT2D eigenvalue weighted by atomic mass is 16.6. The minimum atomic E-state index is -1.34. The quantitative estimate of drug-likeness (QED) is 0.0269. The summed E-state index contributed by atoms with van der Waals surface area (Å²) in [5.41, 5.74) is -1.24. The highest BCUT2D eigenvalue weighted by Crippen LogP contribution is 2.26. The Hall–Kier alpha value is -1.80. The summed E-state index contributed by atoms with van der Waals surface area (Å²) in [6.45, 7) is -16.6. The van der Waals surface area contributed by atoms with Crippen molar-refractivity contribution < 1.29 is 222 Å². The van der Waals surface area contributed by atoms with Gasteiger partial charge < -0.3 is 222 Å². The predicted octanol–water partition coefficient (Wildman–Crippen LogP) is -13.7. The third-order valence-electron chi connectivity index (χ3n) is 15.6. The molecule has 0 rings (SSSR count). The van der Waals surface area contributed by atoms with Crippen LogP contribution in [0.5, 0.6) is 0 Å². The zero-order valence-corrected chi connectivity index (χ0v) is 65.5. The highest BCUT2D eigenvalue weighted by molar-refractivity contribution is 4.80. The van der Waals surface area contributed by atoms with Gasteiger partial charge in [-0.15, -0.1) is 0 Å². The van der Waals surface area contributed by atoms with E-state index in [0.29, 0.717) is 0 Å². The van der Waals surface area contributed by atoms with Crippen molar-refractivity contribution in [3.8, 4) is 0 Å². The third kappa shape index (κ3) is 62.3. The van der Waals surface area contributed by atoms with Gasteiger partial charge in [0.05, 0.1) is 297 Å². The van der Waals surface area contributed by atoms with Crippen molar-refractivity contribution >= 4 is 0 Å². The molecule has 0 aromatic heterocycles. The highest BCUT2D eigenvalue weighted by Gasteiger charge is 2.34. The van der Waals surface area contributed by atoms with Crippen LogP contribution in [0.25, 0.3) is 0 Å². The molecular formula is C69H140O45. The van der Waals surface area contributed by atoms with Crippen LogP contribution in [0.15, 0.2) is 0 Å². The maximum absolute atomic E-state index is 10.2. The number of hydrogen-bond donors (Lipinski definition) is 24. The second-order valence-corrected chi connectivity index (χ2v) is 26.9. The Morgan fingerprint density at radius 2 is 0.272 bits per heavy atom. The maximum Gasteiger partial charge on any atom is 0.104 e. The van der Waals surface area contributed by atoms with Crippen molar-refractivity contribution in [2.75, 3.05) is 297 Å². The normalized spacial score (nSPS) is 18.5. The molecule has 24 N–H and O–H groups in total. The average molecular weight is 1690 g/mol. The fourth-order valence-electron chi connectivity index (χ4n) is 8.80. The maximum atomic E-state index is 10.2. The van der Waals surface area contributed by atoms with E-state index in [0.717, 1.165) is 0 Å². The molecule has 45 nitrogen and oxygen atoms in total. The van der Waals surface area contributed by atoms with E-state index >= 15 is 0 Å². The van der Waals surface area contributed by atoms with Gasteiger partial charge >= 0.3 is 0 Å². The van der Waals surface area contributed by atoms with Crippen LogP contribution in [0.1, 0.15) is 13.3 Å². The molecule has 0 aromatic rings. The molecule has 0 aliphatic heterocycles. The van der Waals surface area contributed by atoms with Gasteiger partial charge in [-0.1, -0.05) is 6.92 Å². The Labute approximate surface area is 664 Å². The molecule has 0 aliphatic carbocycles. The lowest BCUT2D eigenvalue weighted by Crippen LogP contribution is -2.42. The van der Waals surface area contributed by atoms with E-state index in [1.807, 2.05) is 0 Å². The lowest BCUT2D eigenvalue weighted by Gasteiger charge is -2.34. The van der Waals surface area contributed by atoms with E-state index < -0.39 is 233 Å². The average Bonchev–Trinajstić information content (AvgIpc) is 0.866. The Bertz CT molecular complexity index is 1820. The van der Waals surface area contributed by atoms with Gasteiger partial charge in [0.25, 0.3) is 0 Å². The molecule has 0 saturated carbocycles. The molecule has 0 radical (unpaired) electrons.